The normalized spacial score (nSPS) is 23.3. The lowest BCUT2D eigenvalue weighted by Gasteiger charge is -2.22. The molecule has 2 fully saturated rings. The standard InChI is InChI=1S/C20H23N3O4/c1-3-12-16(22-19(25)15(18(12)24)20(26)27)10-4-6-11(7-5-10)23-8-13-14(9-23)17(13)21-2/h4-7,13-14,17,21H,3,8-9H2,1-2H3,(H,26,27)(H2,22,24,25). The first-order chi connectivity index (χ1) is 13.0. The lowest BCUT2D eigenvalue weighted by molar-refractivity contribution is 0.0691. The summed E-state index contributed by atoms with van der Waals surface area (Å²) >= 11 is 0. The Morgan fingerprint density at radius 2 is 1.89 bits per heavy atom. The number of carbonyl (C=O) groups is 1. The first-order valence-electron chi connectivity index (χ1n) is 9.20. The van der Waals surface area contributed by atoms with Gasteiger partial charge in [0.25, 0.3) is 5.56 Å². The van der Waals surface area contributed by atoms with Gasteiger partial charge in [0, 0.05) is 30.4 Å². The maximum absolute atomic E-state index is 12.1. The molecule has 0 radical (unpaired) electrons. The van der Waals surface area contributed by atoms with Gasteiger partial charge in [-0.3, -0.25) is 4.79 Å². The Balaban J connectivity index is 1.63. The van der Waals surface area contributed by atoms with E-state index >= 15 is 0 Å². The highest BCUT2D eigenvalue weighted by Gasteiger charge is 2.54. The van der Waals surface area contributed by atoms with E-state index in [4.69, 9.17) is 5.11 Å². The van der Waals surface area contributed by atoms with Crippen LogP contribution in [-0.2, 0) is 6.42 Å². The number of nitrogens with zero attached hydrogens (tertiary/aromatic N) is 1. The molecule has 1 aromatic carbocycles. The molecule has 2 unspecified atom stereocenters. The molecule has 142 valence electrons. The molecule has 7 heteroatoms. The zero-order valence-corrected chi connectivity index (χ0v) is 15.3. The van der Waals surface area contributed by atoms with E-state index in [0.29, 0.717) is 23.7 Å². The van der Waals surface area contributed by atoms with Crippen LogP contribution in [0.3, 0.4) is 0 Å². The highest BCUT2D eigenvalue weighted by molar-refractivity contribution is 5.92. The summed E-state index contributed by atoms with van der Waals surface area (Å²) in [6.07, 6.45) is 0.404. The highest BCUT2D eigenvalue weighted by Crippen LogP contribution is 2.46. The predicted octanol–water partition coefficient (Wildman–Crippen LogP) is 1.66. The Labute approximate surface area is 156 Å². The van der Waals surface area contributed by atoms with Crippen LogP contribution in [0.15, 0.2) is 29.1 Å². The summed E-state index contributed by atoms with van der Waals surface area (Å²) in [4.78, 5) is 28.3. The van der Waals surface area contributed by atoms with Crippen molar-refractivity contribution in [1.29, 1.82) is 0 Å². The van der Waals surface area contributed by atoms with Crippen molar-refractivity contribution in [3.8, 4) is 17.0 Å². The van der Waals surface area contributed by atoms with Gasteiger partial charge >= 0.3 is 5.97 Å². The zero-order chi connectivity index (χ0) is 19.3. The van der Waals surface area contributed by atoms with Gasteiger partial charge in [0.15, 0.2) is 5.56 Å². The predicted molar refractivity (Wildman–Crippen MR) is 103 cm³/mol. The lowest BCUT2D eigenvalue weighted by Crippen LogP contribution is -2.29. The van der Waals surface area contributed by atoms with E-state index in [0.717, 1.165) is 36.2 Å². The van der Waals surface area contributed by atoms with Crippen LogP contribution in [0.25, 0.3) is 11.3 Å². The molecule has 1 saturated heterocycles. The highest BCUT2D eigenvalue weighted by atomic mass is 16.4. The number of hydrogen-bond donors (Lipinski definition) is 4. The molecule has 2 atom stereocenters. The topological polar surface area (TPSA) is 106 Å². The first kappa shape index (κ1) is 17.6. The number of aromatic carboxylic acids is 1. The molecule has 1 aliphatic carbocycles. The largest absolute Gasteiger partial charge is 0.506 e. The summed E-state index contributed by atoms with van der Waals surface area (Å²) in [7, 11) is 2.01. The van der Waals surface area contributed by atoms with Gasteiger partial charge in [-0.1, -0.05) is 19.1 Å². The average Bonchev–Trinajstić information content (AvgIpc) is 3.12. The smallest absolute Gasteiger partial charge is 0.345 e. The number of rotatable bonds is 5. The van der Waals surface area contributed by atoms with E-state index in [2.05, 4.69) is 15.2 Å². The quantitative estimate of drug-likeness (QED) is 0.639. The summed E-state index contributed by atoms with van der Waals surface area (Å²) < 4.78 is 0. The van der Waals surface area contributed by atoms with Crippen LogP contribution in [0.1, 0.15) is 22.8 Å². The third kappa shape index (κ3) is 2.78. The molecule has 0 spiro atoms. The molecule has 27 heavy (non-hydrogen) atoms. The molecule has 0 amide bonds. The van der Waals surface area contributed by atoms with Gasteiger partial charge in [-0.25, -0.2) is 4.79 Å². The van der Waals surface area contributed by atoms with Crippen LogP contribution < -0.4 is 15.8 Å². The third-order valence-corrected chi connectivity index (χ3v) is 5.91. The SMILES string of the molecule is CCc1c(-c2ccc(N3CC4C(C3)C4NC)cc2)[nH]c(=O)c(C(=O)O)c1O. The number of carboxylic acid groups (broad SMARTS) is 1. The van der Waals surface area contributed by atoms with Gasteiger partial charge < -0.3 is 25.4 Å². The van der Waals surface area contributed by atoms with Crippen molar-refractivity contribution in [3.63, 3.8) is 0 Å². The minimum absolute atomic E-state index is 0.404. The fraction of sp³-hybridized carbons (Fsp3) is 0.400. The molecule has 7 nitrogen and oxygen atoms in total. The summed E-state index contributed by atoms with van der Waals surface area (Å²) in [5, 5.41) is 22.8. The molecule has 1 aliphatic heterocycles. The number of hydrogen-bond acceptors (Lipinski definition) is 5. The minimum atomic E-state index is -1.43. The summed E-state index contributed by atoms with van der Waals surface area (Å²) in [5.74, 6) is -0.445. The van der Waals surface area contributed by atoms with Crippen LogP contribution in [0.4, 0.5) is 5.69 Å². The van der Waals surface area contributed by atoms with Gasteiger partial charge in [-0.05, 0) is 43.0 Å². The number of aromatic amines is 1. The van der Waals surface area contributed by atoms with E-state index in [1.165, 1.54) is 0 Å². The molecule has 0 bridgehead atoms. The molecule has 1 aromatic heterocycles. The monoisotopic (exact) mass is 369 g/mol. The van der Waals surface area contributed by atoms with E-state index in [-0.39, 0.29) is 0 Å². The average molecular weight is 369 g/mol. The summed E-state index contributed by atoms with van der Waals surface area (Å²) in [6, 6.07) is 8.47. The van der Waals surface area contributed by atoms with Crippen molar-refractivity contribution < 1.29 is 15.0 Å². The van der Waals surface area contributed by atoms with Crippen LogP contribution in [0, 0.1) is 11.8 Å². The van der Waals surface area contributed by atoms with Crippen LogP contribution in [-0.4, -0.2) is 47.3 Å². The zero-order valence-electron chi connectivity index (χ0n) is 15.3. The molecular weight excluding hydrogens is 346 g/mol. The number of aromatic nitrogens is 1. The minimum Gasteiger partial charge on any atom is -0.506 e. The number of piperidine rings is 1. The van der Waals surface area contributed by atoms with E-state index < -0.39 is 22.8 Å². The van der Waals surface area contributed by atoms with Crippen LogP contribution in [0.5, 0.6) is 5.75 Å². The van der Waals surface area contributed by atoms with Gasteiger partial charge in [0.2, 0.25) is 0 Å². The Kier molecular flexibility index (Phi) is 4.19. The number of pyridine rings is 1. The number of nitrogens with one attached hydrogen (secondary N) is 2. The second-order valence-corrected chi connectivity index (χ2v) is 7.28. The van der Waals surface area contributed by atoms with E-state index in [1.807, 2.05) is 38.2 Å². The van der Waals surface area contributed by atoms with Gasteiger partial charge in [0.1, 0.15) is 5.75 Å². The molecule has 4 rings (SSSR count). The molecule has 2 aliphatic rings. The van der Waals surface area contributed by atoms with E-state index in [9.17, 15) is 14.7 Å². The fourth-order valence-corrected chi connectivity index (χ4v) is 4.42. The van der Waals surface area contributed by atoms with Crippen molar-refractivity contribution >= 4 is 11.7 Å². The summed E-state index contributed by atoms with van der Waals surface area (Å²) in [5.41, 5.74) is 1.37. The fourth-order valence-electron chi connectivity index (χ4n) is 4.42. The van der Waals surface area contributed by atoms with Crippen LogP contribution >= 0.6 is 0 Å². The molecule has 2 heterocycles. The Morgan fingerprint density at radius 3 is 2.41 bits per heavy atom. The van der Waals surface area contributed by atoms with Crippen molar-refractivity contribution in [2.24, 2.45) is 11.8 Å². The van der Waals surface area contributed by atoms with Gasteiger partial charge in [0.05, 0.1) is 5.69 Å². The Bertz CT molecular complexity index is 939. The molecule has 2 aromatic rings. The molecular formula is C20H23N3O4. The number of carboxylic acids is 1. The van der Waals surface area contributed by atoms with Crippen molar-refractivity contribution in [1.82, 2.24) is 10.3 Å². The summed E-state index contributed by atoms with van der Waals surface area (Å²) in [6.45, 7) is 3.90. The molecule has 4 N–H and O–H groups in total. The number of anilines is 1. The Morgan fingerprint density at radius 1 is 1.26 bits per heavy atom. The van der Waals surface area contributed by atoms with Gasteiger partial charge in [-0.2, -0.15) is 0 Å². The number of fused-ring (bicyclic) bond motifs is 1. The second-order valence-electron chi connectivity index (χ2n) is 7.28. The molecule has 1 saturated carbocycles. The number of benzene rings is 1. The number of aromatic hydroxyl groups is 1. The first-order valence-corrected chi connectivity index (χ1v) is 9.20. The Hall–Kier alpha value is -2.80. The second kappa shape index (κ2) is 6.42. The third-order valence-electron chi connectivity index (χ3n) is 5.91. The van der Waals surface area contributed by atoms with E-state index in [1.54, 1.807) is 0 Å². The maximum Gasteiger partial charge on any atom is 0.345 e. The maximum atomic E-state index is 12.1. The lowest BCUT2D eigenvalue weighted by atomic mass is 10.0. The number of H-pyrrole nitrogens is 1. The van der Waals surface area contributed by atoms with Crippen molar-refractivity contribution in [3.05, 3.63) is 45.7 Å². The van der Waals surface area contributed by atoms with Crippen LogP contribution in [0.2, 0.25) is 0 Å². The van der Waals surface area contributed by atoms with Gasteiger partial charge in [-0.15, -0.1) is 0 Å². The van der Waals surface area contributed by atoms with Crippen molar-refractivity contribution in [2.75, 3.05) is 25.0 Å². The van der Waals surface area contributed by atoms with Crippen molar-refractivity contribution in [2.45, 2.75) is 19.4 Å².